The molecular weight excluding hydrogens is 825 g/mol. The Morgan fingerprint density at radius 1 is 0.815 bits per heavy atom. The van der Waals surface area contributed by atoms with E-state index in [4.69, 9.17) is 14.2 Å². The van der Waals surface area contributed by atoms with Crippen LogP contribution in [0.1, 0.15) is 88.5 Å². The monoisotopic (exact) mass is 878 g/mol. The zero-order valence-electron chi connectivity index (χ0n) is 37.1. The van der Waals surface area contributed by atoms with E-state index in [0.717, 1.165) is 87.5 Å². The molecule has 2 atom stereocenters. The first-order valence-electron chi connectivity index (χ1n) is 22.6. The Bertz CT molecular complexity index is 2660. The molecule has 3 fully saturated rings. The van der Waals surface area contributed by atoms with Crippen LogP contribution < -0.4 is 24.4 Å². The van der Waals surface area contributed by atoms with Crippen LogP contribution in [-0.2, 0) is 23.2 Å². The fourth-order valence-corrected chi connectivity index (χ4v) is 9.82. The molecule has 9 rings (SSSR count). The number of imide groups is 2. The second kappa shape index (κ2) is 18.8. The van der Waals surface area contributed by atoms with Gasteiger partial charge in [0, 0.05) is 69.9 Å². The number of rotatable bonds is 14. The van der Waals surface area contributed by atoms with E-state index in [1.54, 1.807) is 36.1 Å². The van der Waals surface area contributed by atoms with Crippen molar-refractivity contribution in [3.05, 3.63) is 107 Å². The van der Waals surface area contributed by atoms with Gasteiger partial charge in [-0.25, -0.2) is 0 Å². The van der Waals surface area contributed by atoms with Crippen LogP contribution in [0.2, 0.25) is 0 Å². The summed E-state index contributed by atoms with van der Waals surface area (Å²) >= 11 is 0. The lowest BCUT2D eigenvalue weighted by Gasteiger charge is -2.39. The van der Waals surface area contributed by atoms with E-state index < -0.39 is 23.8 Å². The molecule has 0 bridgehead atoms. The maximum absolute atomic E-state index is 13.9. The summed E-state index contributed by atoms with van der Waals surface area (Å²) in [6.07, 6.45) is 3.01. The Morgan fingerprint density at radius 3 is 2.29 bits per heavy atom. The lowest BCUT2D eigenvalue weighted by atomic mass is 9.93. The smallest absolute Gasteiger partial charge is 0.262 e. The number of fused-ring (bicyclic) bond motifs is 2. The summed E-state index contributed by atoms with van der Waals surface area (Å²) in [5, 5.41) is 17.7. The largest absolute Gasteiger partial charge is 0.493 e. The number of anilines is 1. The number of aryl methyl sites for hydroxylation is 1. The first kappa shape index (κ1) is 43.5. The lowest BCUT2D eigenvalue weighted by molar-refractivity contribution is -0.134. The molecule has 3 saturated heterocycles. The Morgan fingerprint density at radius 2 is 1.57 bits per heavy atom. The molecule has 336 valence electrons. The van der Waals surface area contributed by atoms with E-state index in [9.17, 15) is 24.4 Å². The number of hydrogen-bond donors (Lipinski definition) is 1. The minimum Gasteiger partial charge on any atom is -0.493 e. The predicted molar refractivity (Wildman–Crippen MR) is 243 cm³/mol. The van der Waals surface area contributed by atoms with E-state index in [0.29, 0.717) is 65.0 Å². The Kier molecular flexibility index (Phi) is 12.6. The Balaban J connectivity index is 0.739. The summed E-state index contributed by atoms with van der Waals surface area (Å²) in [6.45, 7) is 9.84. The van der Waals surface area contributed by atoms with Gasteiger partial charge in [-0.05, 0) is 111 Å². The molecule has 4 aliphatic rings. The van der Waals surface area contributed by atoms with Gasteiger partial charge < -0.3 is 19.1 Å². The molecule has 4 aliphatic heterocycles. The van der Waals surface area contributed by atoms with Crippen molar-refractivity contribution in [1.82, 2.24) is 29.8 Å². The van der Waals surface area contributed by atoms with Gasteiger partial charge in [0.25, 0.3) is 11.8 Å². The number of piperidine rings is 2. The topological polar surface area (TPSA) is 163 Å². The van der Waals surface area contributed by atoms with Gasteiger partial charge >= 0.3 is 0 Å². The maximum Gasteiger partial charge on any atom is 0.262 e. The zero-order chi connectivity index (χ0) is 45.2. The molecule has 0 aliphatic carbocycles. The third kappa shape index (κ3) is 9.01. The maximum atomic E-state index is 13.9. The van der Waals surface area contributed by atoms with Crippen LogP contribution in [0, 0.1) is 17.2 Å². The van der Waals surface area contributed by atoms with Crippen LogP contribution in [0.15, 0.2) is 78.9 Å². The number of hydrogen-bond acceptors (Lipinski definition) is 12. The van der Waals surface area contributed by atoms with Crippen molar-refractivity contribution in [3.8, 4) is 29.1 Å². The van der Waals surface area contributed by atoms with E-state index >= 15 is 0 Å². The van der Waals surface area contributed by atoms with Crippen molar-refractivity contribution in [2.45, 2.75) is 57.5 Å². The molecule has 1 N–H and O–H groups in total. The molecule has 65 heavy (non-hydrogen) atoms. The number of piperazine rings is 1. The van der Waals surface area contributed by atoms with E-state index in [-0.39, 0.29) is 18.2 Å². The quantitative estimate of drug-likeness (QED) is 0.120. The van der Waals surface area contributed by atoms with Crippen molar-refractivity contribution in [1.29, 1.82) is 5.26 Å². The van der Waals surface area contributed by atoms with Crippen LogP contribution in [0.5, 0.6) is 23.0 Å². The number of carbonyl (C=O) groups excluding carboxylic acids is 4. The number of amides is 4. The van der Waals surface area contributed by atoms with Crippen molar-refractivity contribution < 1.29 is 33.4 Å². The SMILES string of the molecule is CCOc1cc(C(CC#N)N2C(=O)c3ccc(N4CCN(CC5CCN(Cc6ccc(Oc7ccc8c(C9CCC(=O)NC9=O)nn(C)c8c7)cc6)CC5)CC4)cc3C2=O)ccc1OC. The van der Waals surface area contributed by atoms with Gasteiger partial charge in [0.05, 0.1) is 60.5 Å². The number of nitriles is 1. The van der Waals surface area contributed by atoms with E-state index in [2.05, 4.69) is 43.3 Å². The number of nitrogens with one attached hydrogen (secondary N) is 1. The third-order valence-electron chi connectivity index (χ3n) is 13.3. The highest BCUT2D eigenvalue weighted by Gasteiger charge is 2.41. The van der Waals surface area contributed by atoms with Crippen LogP contribution in [0.25, 0.3) is 10.9 Å². The molecule has 0 saturated carbocycles. The molecule has 15 nitrogen and oxygen atoms in total. The molecule has 0 spiro atoms. The molecule has 5 heterocycles. The van der Waals surface area contributed by atoms with Crippen LogP contribution in [0.4, 0.5) is 5.69 Å². The fourth-order valence-electron chi connectivity index (χ4n) is 9.82. The van der Waals surface area contributed by atoms with Crippen molar-refractivity contribution in [2.24, 2.45) is 13.0 Å². The first-order chi connectivity index (χ1) is 31.6. The first-order valence-corrected chi connectivity index (χ1v) is 22.6. The number of likely N-dealkylation sites (tertiary alicyclic amines) is 1. The fraction of sp³-hybridized carbons (Fsp3) is 0.400. The van der Waals surface area contributed by atoms with Gasteiger partial charge in [0.1, 0.15) is 11.5 Å². The van der Waals surface area contributed by atoms with Gasteiger partial charge in [0.2, 0.25) is 11.8 Å². The Hall–Kier alpha value is -6.76. The van der Waals surface area contributed by atoms with Crippen molar-refractivity contribution in [3.63, 3.8) is 0 Å². The number of aromatic nitrogens is 2. The molecule has 5 aromatic rings. The molecule has 15 heteroatoms. The standard InChI is InChI=1S/C50H54N8O7/c1-4-64-45-27-34(7-15-44(45)63-3)42(17-20-51)58-49(61)38-12-8-35(28-41(38)50(58)62)57-25-23-56(24-26-57)31-33-18-21-55(22-19-33)30-32-5-9-36(10-6-32)65-37-11-13-39-43(29-37)54(2)53-47(39)40-14-16-46(59)52-48(40)60/h5-13,15,27-29,33,40,42H,4,14,16-19,21-26,30-31H2,1-3H3,(H,52,59,60). The number of carbonyl (C=O) groups is 4. The molecule has 0 radical (unpaired) electrons. The summed E-state index contributed by atoms with van der Waals surface area (Å²) in [6, 6.07) is 26.2. The molecule has 1 aromatic heterocycles. The summed E-state index contributed by atoms with van der Waals surface area (Å²) in [4.78, 5) is 60.4. The molecule has 4 aromatic carbocycles. The highest BCUT2D eigenvalue weighted by molar-refractivity contribution is 6.22. The number of methoxy groups -OCH3 is 1. The predicted octanol–water partition coefficient (Wildman–Crippen LogP) is 6.58. The average Bonchev–Trinajstić information content (AvgIpc) is 3.77. The van der Waals surface area contributed by atoms with Gasteiger partial charge in [-0.15, -0.1) is 0 Å². The summed E-state index contributed by atoms with van der Waals surface area (Å²) in [5.41, 5.74) is 5.07. The van der Waals surface area contributed by atoms with Gasteiger partial charge in [-0.1, -0.05) is 18.2 Å². The summed E-state index contributed by atoms with van der Waals surface area (Å²) in [7, 11) is 3.40. The summed E-state index contributed by atoms with van der Waals surface area (Å²) < 4.78 is 19.2. The van der Waals surface area contributed by atoms with Crippen LogP contribution >= 0.6 is 0 Å². The zero-order valence-corrected chi connectivity index (χ0v) is 37.1. The van der Waals surface area contributed by atoms with Crippen LogP contribution in [0.3, 0.4) is 0 Å². The van der Waals surface area contributed by atoms with Gasteiger partial charge in [-0.3, -0.25) is 43.9 Å². The second-order valence-corrected chi connectivity index (χ2v) is 17.4. The second-order valence-electron chi connectivity index (χ2n) is 17.4. The molecule has 2 unspecified atom stereocenters. The lowest BCUT2D eigenvalue weighted by Crippen LogP contribution is -2.48. The van der Waals surface area contributed by atoms with E-state index in [1.807, 2.05) is 56.4 Å². The minimum atomic E-state index is -0.766. The normalized spacial score (nSPS) is 19.0. The van der Waals surface area contributed by atoms with Crippen LogP contribution in [-0.4, -0.2) is 108 Å². The number of nitrogens with zero attached hydrogens (tertiary/aromatic N) is 7. The van der Waals surface area contributed by atoms with Gasteiger partial charge in [-0.2, -0.15) is 10.4 Å². The Labute approximate surface area is 378 Å². The van der Waals surface area contributed by atoms with Crippen molar-refractivity contribution >= 4 is 40.2 Å². The highest BCUT2D eigenvalue weighted by Crippen LogP contribution is 2.39. The summed E-state index contributed by atoms with van der Waals surface area (Å²) in [5.74, 6) is 1.32. The van der Waals surface area contributed by atoms with Gasteiger partial charge in [0.15, 0.2) is 11.5 Å². The average molecular weight is 879 g/mol. The third-order valence-corrected chi connectivity index (χ3v) is 13.3. The number of ether oxygens (including phenoxy) is 3. The molecule has 4 amide bonds. The number of benzene rings is 4. The van der Waals surface area contributed by atoms with E-state index in [1.165, 1.54) is 10.5 Å². The van der Waals surface area contributed by atoms with Crippen molar-refractivity contribution in [2.75, 3.05) is 64.4 Å². The highest BCUT2D eigenvalue weighted by atomic mass is 16.5. The minimum absolute atomic E-state index is 0.0468. The molecular formula is C50H54N8O7.